The summed E-state index contributed by atoms with van der Waals surface area (Å²) in [5.74, 6) is 0. The first-order valence-electron chi connectivity index (χ1n) is 7.17. The van der Waals surface area contributed by atoms with Crippen molar-refractivity contribution in [3.8, 4) is 0 Å². The topological polar surface area (TPSA) is 137 Å². The Morgan fingerprint density at radius 1 is 1.52 bits per heavy atom. The van der Waals surface area contributed by atoms with Gasteiger partial charge in [-0.2, -0.15) is 0 Å². The Morgan fingerprint density at radius 2 is 2.26 bits per heavy atom. The number of hydrogen-bond acceptors (Lipinski definition) is 7. The summed E-state index contributed by atoms with van der Waals surface area (Å²) in [5.41, 5.74) is -0.569. The molecule has 1 aromatic carbocycles. The van der Waals surface area contributed by atoms with E-state index in [0.717, 1.165) is 19.0 Å². The lowest BCUT2D eigenvalue weighted by atomic mass is 9.99. The van der Waals surface area contributed by atoms with E-state index in [2.05, 4.69) is 10.6 Å². The summed E-state index contributed by atoms with van der Waals surface area (Å²) in [5, 5.41) is 22.4. The van der Waals surface area contributed by atoms with Crippen LogP contribution in [0, 0.1) is 10.1 Å². The van der Waals surface area contributed by atoms with Gasteiger partial charge in [0.2, 0.25) is 10.0 Å². The van der Waals surface area contributed by atoms with E-state index in [1.165, 1.54) is 12.1 Å². The zero-order valence-electron chi connectivity index (χ0n) is 12.7. The van der Waals surface area contributed by atoms with Crippen molar-refractivity contribution in [2.24, 2.45) is 5.14 Å². The van der Waals surface area contributed by atoms with Crippen molar-refractivity contribution in [2.45, 2.75) is 23.8 Å². The molecule has 4 N–H and O–H groups in total. The molecule has 1 heterocycles. The van der Waals surface area contributed by atoms with Gasteiger partial charge in [0, 0.05) is 25.7 Å². The predicted molar refractivity (Wildman–Crippen MR) is 84.8 cm³/mol. The molecule has 10 heteroatoms. The maximum absolute atomic E-state index is 11.3. The largest absolute Gasteiger partial charge is 0.377 e. The van der Waals surface area contributed by atoms with Gasteiger partial charge in [-0.1, -0.05) is 6.92 Å². The second kappa shape index (κ2) is 6.79. The second-order valence-corrected chi connectivity index (χ2v) is 6.96. The lowest BCUT2D eigenvalue weighted by molar-refractivity contribution is -0.384. The first kappa shape index (κ1) is 17.6. The number of anilines is 1. The number of benzene rings is 1. The Bertz CT molecular complexity index is 686. The second-order valence-electron chi connectivity index (χ2n) is 5.40. The number of rotatable bonds is 6. The van der Waals surface area contributed by atoms with Crippen LogP contribution in [-0.2, 0) is 14.8 Å². The number of primary sulfonamides is 1. The number of morpholine rings is 1. The molecular weight excluding hydrogens is 324 g/mol. The number of nitro groups is 1. The number of ether oxygens (including phenoxy) is 1. The monoisotopic (exact) mass is 344 g/mol. The summed E-state index contributed by atoms with van der Waals surface area (Å²) >= 11 is 0. The summed E-state index contributed by atoms with van der Waals surface area (Å²) in [6.45, 7) is 4.33. The van der Waals surface area contributed by atoms with Crippen LogP contribution in [0.15, 0.2) is 23.1 Å². The molecule has 0 aliphatic carbocycles. The lowest BCUT2D eigenvalue weighted by Crippen LogP contribution is -2.53. The van der Waals surface area contributed by atoms with Crippen molar-refractivity contribution in [1.29, 1.82) is 0 Å². The molecule has 1 saturated heterocycles. The molecule has 1 atom stereocenters. The molecule has 0 radical (unpaired) electrons. The first-order valence-corrected chi connectivity index (χ1v) is 8.72. The quantitative estimate of drug-likeness (QED) is 0.502. The van der Waals surface area contributed by atoms with Crippen molar-refractivity contribution in [1.82, 2.24) is 5.32 Å². The molecule has 23 heavy (non-hydrogen) atoms. The van der Waals surface area contributed by atoms with Crippen LogP contribution < -0.4 is 15.8 Å². The number of nitrogens with two attached hydrogens (primary N) is 1. The zero-order chi connectivity index (χ0) is 17.1. The fourth-order valence-electron chi connectivity index (χ4n) is 2.42. The molecule has 1 aliphatic rings. The van der Waals surface area contributed by atoms with Crippen LogP contribution in [0.2, 0.25) is 0 Å². The predicted octanol–water partition coefficient (Wildman–Crippen LogP) is 0.423. The van der Waals surface area contributed by atoms with Gasteiger partial charge in [0.25, 0.3) is 5.69 Å². The van der Waals surface area contributed by atoms with Crippen LogP contribution in [-0.4, -0.2) is 45.2 Å². The summed E-state index contributed by atoms with van der Waals surface area (Å²) in [4.78, 5) is 10.2. The van der Waals surface area contributed by atoms with Gasteiger partial charge in [-0.15, -0.1) is 0 Å². The zero-order valence-corrected chi connectivity index (χ0v) is 13.6. The Hall–Kier alpha value is -1.75. The molecule has 1 unspecified atom stereocenters. The number of sulfonamides is 1. The van der Waals surface area contributed by atoms with E-state index in [1.54, 1.807) is 0 Å². The van der Waals surface area contributed by atoms with E-state index in [0.29, 0.717) is 19.7 Å². The van der Waals surface area contributed by atoms with Crippen LogP contribution in [0.4, 0.5) is 11.4 Å². The summed E-state index contributed by atoms with van der Waals surface area (Å²) in [7, 11) is -3.99. The Labute approximate surface area is 134 Å². The Balaban J connectivity index is 2.24. The Kier molecular flexibility index (Phi) is 5.19. The highest BCUT2D eigenvalue weighted by molar-refractivity contribution is 7.89. The standard InChI is InChI=1S/C13H20N4O5S/c1-2-13(8-15-5-6-22-13)9-16-11-4-3-10(23(14,20)21)7-12(11)17(18)19/h3-4,7,15-16H,2,5-6,8-9H2,1H3,(H2,14,20,21). The van der Waals surface area contributed by atoms with Gasteiger partial charge in [-0.3, -0.25) is 10.1 Å². The van der Waals surface area contributed by atoms with Gasteiger partial charge in [0.1, 0.15) is 5.69 Å². The van der Waals surface area contributed by atoms with Gasteiger partial charge < -0.3 is 15.4 Å². The highest BCUT2D eigenvalue weighted by Gasteiger charge is 2.32. The van der Waals surface area contributed by atoms with Crippen molar-refractivity contribution in [3.63, 3.8) is 0 Å². The summed E-state index contributed by atoms with van der Waals surface area (Å²) < 4.78 is 28.5. The van der Waals surface area contributed by atoms with Gasteiger partial charge in [-0.25, -0.2) is 13.6 Å². The third-order valence-electron chi connectivity index (χ3n) is 3.87. The average Bonchev–Trinajstić information content (AvgIpc) is 2.52. The number of nitrogens with zero attached hydrogens (tertiary/aromatic N) is 1. The minimum Gasteiger partial charge on any atom is -0.377 e. The molecule has 0 saturated carbocycles. The van der Waals surface area contributed by atoms with E-state index in [4.69, 9.17) is 9.88 Å². The van der Waals surface area contributed by atoms with Gasteiger partial charge in [-0.05, 0) is 18.6 Å². The van der Waals surface area contributed by atoms with Crippen LogP contribution in [0.25, 0.3) is 0 Å². The van der Waals surface area contributed by atoms with Crippen LogP contribution >= 0.6 is 0 Å². The molecule has 1 aliphatic heterocycles. The minimum absolute atomic E-state index is 0.226. The number of nitrogens with one attached hydrogen (secondary N) is 2. The minimum atomic E-state index is -3.99. The third kappa shape index (κ3) is 4.16. The van der Waals surface area contributed by atoms with Crippen molar-refractivity contribution < 1.29 is 18.1 Å². The molecular formula is C13H20N4O5S. The fraction of sp³-hybridized carbons (Fsp3) is 0.538. The van der Waals surface area contributed by atoms with Crippen molar-refractivity contribution in [2.75, 3.05) is 31.6 Å². The van der Waals surface area contributed by atoms with Crippen LogP contribution in [0.5, 0.6) is 0 Å². The molecule has 1 aromatic rings. The van der Waals surface area contributed by atoms with Gasteiger partial charge >= 0.3 is 0 Å². The average molecular weight is 344 g/mol. The maximum atomic E-state index is 11.3. The third-order valence-corrected chi connectivity index (χ3v) is 4.79. The van der Waals surface area contributed by atoms with E-state index in [-0.39, 0.29) is 16.3 Å². The van der Waals surface area contributed by atoms with E-state index in [1.807, 2.05) is 6.92 Å². The number of hydrogen-bond donors (Lipinski definition) is 3. The van der Waals surface area contributed by atoms with Crippen molar-refractivity contribution >= 4 is 21.4 Å². The lowest BCUT2D eigenvalue weighted by Gasteiger charge is -2.37. The number of nitro benzene ring substituents is 1. The molecule has 0 aromatic heterocycles. The molecule has 0 spiro atoms. The SMILES string of the molecule is CCC1(CNc2ccc(S(N)(=O)=O)cc2[N+](=O)[O-])CNCCO1. The van der Waals surface area contributed by atoms with Crippen molar-refractivity contribution in [3.05, 3.63) is 28.3 Å². The van der Waals surface area contributed by atoms with Gasteiger partial charge in [0.05, 0.1) is 22.0 Å². The summed E-state index contributed by atoms with van der Waals surface area (Å²) in [6.07, 6.45) is 0.732. The summed E-state index contributed by atoms with van der Waals surface area (Å²) in [6, 6.07) is 3.54. The maximum Gasteiger partial charge on any atom is 0.293 e. The fourth-order valence-corrected chi connectivity index (χ4v) is 2.95. The van der Waals surface area contributed by atoms with E-state index < -0.39 is 20.5 Å². The van der Waals surface area contributed by atoms with Crippen LogP contribution in [0.3, 0.4) is 0 Å². The van der Waals surface area contributed by atoms with E-state index >= 15 is 0 Å². The first-order chi connectivity index (χ1) is 10.8. The molecule has 0 amide bonds. The molecule has 2 rings (SSSR count). The van der Waals surface area contributed by atoms with Gasteiger partial charge in [0.15, 0.2) is 0 Å². The Morgan fingerprint density at radius 3 is 2.78 bits per heavy atom. The smallest absolute Gasteiger partial charge is 0.293 e. The molecule has 0 bridgehead atoms. The van der Waals surface area contributed by atoms with E-state index in [9.17, 15) is 18.5 Å². The normalized spacial score (nSPS) is 21.8. The van der Waals surface area contributed by atoms with Crippen LogP contribution in [0.1, 0.15) is 13.3 Å². The molecule has 9 nitrogen and oxygen atoms in total. The highest BCUT2D eigenvalue weighted by atomic mass is 32.2. The molecule has 128 valence electrons. The highest BCUT2D eigenvalue weighted by Crippen LogP contribution is 2.28. The molecule has 1 fully saturated rings.